The van der Waals surface area contributed by atoms with E-state index in [1.165, 1.54) is 4.90 Å². The number of sulfone groups is 1. The molecule has 1 amide bonds. The molecule has 43 heavy (non-hydrogen) atoms. The van der Waals surface area contributed by atoms with Gasteiger partial charge in [0.05, 0.1) is 10.8 Å². The summed E-state index contributed by atoms with van der Waals surface area (Å²) in [5.74, 6) is -3.63. The molecule has 0 spiro atoms. The molecule has 2 saturated carbocycles. The number of benzene rings is 2. The third-order valence-electron chi connectivity index (χ3n) is 9.46. The maximum absolute atomic E-state index is 14.7. The van der Waals surface area contributed by atoms with Gasteiger partial charge in [-0.3, -0.25) is 9.59 Å². The van der Waals surface area contributed by atoms with Crippen LogP contribution in [0.5, 0.6) is 0 Å². The lowest BCUT2D eigenvalue weighted by Crippen LogP contribution is -2.50. The first-order valence-electron chi connectivity index (χ1n) is 13.2. The molecule has 0 bridgehead atoms. The third kappa shape index (κ3) is 4.51. The number of carboxylic acid groups (broad SMARTS) is 1. The number of alkyl halides is 7. The minimum Gasteiger partial charge on any atom is -0.481 e. The maximum Gasteiger partial charge on any atom is 0.435 e. The van der Waals surface area contributed by atoms with Crippen molar-refractivity contribution in [3.8, 4) is 0 Å². The van der Waals surface area contributed by atoms with Crippen molar-refractivity contribution in [3.63, 3.8) is 0 Å². The molecule has 6 nitrogen and oxygen atoms in total. The summed E-state index contributed by atoms with van der Waals surface area (Å²) in [6, 6.07) is 5.39. The van der Waals surface area contributed by atoms with Crippen molar-refractivity contribution in [3.05, 3.63) is 65.5 Å². The molecule has 1 aliphatic heterocycles. The van der Waals surface area contributed by atoms with Crippen LogP contribution in [-0.2, 0) is 29.8 Å². The quantitative estimate of drug-likeness (QED) is 0.321. The van der Waals surface area contributed by atoms with Gasteiger partial charge in [0.2, 0.25) is 5.91 Å². The van der Waals surface area contributed by atoms with Crippen LogP contribution in [0.15, 0.2) is 53.4 Å². The highest BCUT2D eigenvalue weighted by Crippen LogP contribution is 2.70. The Labute approximate surface area is 240 Å². The lowest BCUT2D eigenvalue weighted by atomic mass is 9.90. The smallest absolute Gasteiger partial charge is 0.435 e. The fourth-order valence-electron chi connectivity index (χ4n) is 7.08. The van der Waals surface area contributed by atoms with Gasteiger partial charge in [0.1, 0.15) is 10.6 Å². The Morgan fingerprint density at radius 1 is 0.930 bits per heavy atom. The van der Waals surface area contributed by atoms with Crippen LogP contribution in [-0.4, -0.2) is 55.7 Å². The van der Waals surface area contributed by atoms with Crippen molar-refractivity contribution in [2.45, 2.75) is 53.9 Å². The van der Waals surface area contributed by atoms with Gasteiger partial charge in [-0.25, -0.2) is 17.2 Å². The predicted octanol–water partition coefficient (Wildman–Crippen LogP) is 5.76. The molecule has 0 aromatic heterocycles. The van der Waals surface area contributed by atoms with E-state index in [9.17, 15) is 58.2 Å². The molecule has 3 aliphatic rings. The number of halogens is 8. The van der Waals surface area contributed by atoms with E-state index >= 15 is 0 Å². The fraction of sp³-hybridized carbons (Fsp3) is 0.500. The van der Waals surface area contributed by atoms with E-state index in [-0.39, 0.29) is 49.4 Å². The van der Waals surface area contributed by atoms with Gasteiger partial charge in [0, 0.05) is 24.6 Å². The molecule has 2 aromatic carbocycles. The number of likely N-dealkylation sites (tertiary alicyclic amines) is 1. The Balaban J connectivity index is 1.52. The van der Waals surface area contributed by atoms with Crippen molar-refractivity contribution in [2.75, 3.05) is 13.1 Å². The Kier molecular flexibility index (Phi) is 6.99. The van der Waals surface area contributed by atoms with Crippen LogP contribution in [0.3, 0.4) is 0 Å². The predicted molar refractivity (Wildman–Crippen MR) is 133 cm³/mol. The molecule has 5 unspecified atom stereocenters. The second-order valence-electron chi connectivity index (χ2n) is 11.8. The molecule has 5 rings (SSSR count). The maximum atomic E-state index is 14.7. The zero-order chi connectivity index (χ0) is 32.0. The van der Waals surface area contributed by atoms with Gasteiger partial charge in [-0.2, -0.15) is 26.3 Å². The Hall–Kier alpha value is -3.23. The summed E-state index contributed by atoms with van der Waals surface area (Å²) in [6.45, 7) is 1.06. The van der Waals surface area contributed by atoms with Gasteiger partial charge in [-0.1, -0.05) is 31.2 Å². The molecule has 3 fully saturated rings. The van der Waals surface area contributed by atoms with Gasteiger partial charge in [-0.05, 0) is 60.4 Å². The number of hydrogen-bond donors (Lipinski definition) is 1. The second-order valence-corrected chi connectivity index (χ2v) is 14.0. The summed E-state index contributed by atoms with van der Waals surface area (Å²) < 4.78 is 134. The van der Waals surface area contributed by atoms with Gasteiger partial charge in [0.15, 0.2) is 9.84 Å². The zero-order valence-corrected chi connectivity index (χ0v) is 23.2. The molecule has 234 valence electrons. The first-order valence-corrected chi connectivity index (χ1v) is 14.6. The Bertz CT molecular complexity index is 1540. The summed E-state index contributed by atoms with van der Waals surface area (Å²) in [5.41, 5.74) is -8.40. The summed E-state index contributed by atoms with van der Waals surface area (Å²) in [5, 5.41) is 9.40. The number of carboxylic acids is 1. The van der Waals surface area contributed by atoms with Crippen LogP contribution >= 0.6 is 0 Å². The first kappa shape index (κ1) is 31.2. The number of amides is 1. The minimum atomic E-state index is -6.38. The number of carbonyl (C=O) groups excluding carboxylic acids is 1. The molecule has 2 aliphatic carbocycles. The zero-order valence-electron chi connectivity index (χ0n) is 22.3. The molecule has 1 saturated heterocycles. The molecular formula is C28H25F8NO5S. The van der Waals surface area contributed by atoms with Crippen molar-refractivity contribution >= 4 is 21.7 Å². The van der Waals surface area contributed by atoms with Crippen molar-refractivity contribution in [1.82, 2.24) is 4.90 Å². The molecule has 0 radical (unpaired) electrons. The lowest BCUT2D eigenvalue weighted by Gasteiger charge is -2.33. The SMILES string of the molecule is CC12CC(C(=O)N3CCC(c4ccc(C(F)(C(F)(F)F)C(F)(F)F)cc4)(S(=O)(=O)c4ccc(F)cc4)C3)CC1C2C(=O)O. The van der Waals surface area contributed by atoms with E-state index in [0.717, 1.165) is 24.3 Å². The van der Waals surface area contributed by atoms with E-state index in [2.05, 4.69) is 0 Å². The van der Waals surface area contributed by atoms with E-state index in [1.54, 1.807) is 6.92 Å². The summed E-state index contributed by atoms with van der Waals surface area (Å²) >= 11 is 0. The number of hydrogen-bond acceptors (Lipinski definition) is 4. The average molecular weight is 640 g/mol. The fourth-order valence-corrected chi connectivity index (χ4v) is 9.15. The highest BCUT2D eigenvalue weighted by molar-refractivity contribution is 7.92. The van der Waals surface area contributed by atoms with Crippen LogP contribution in [0.2, 0.25) is 0 Å². The van der Waals surface area contributed by atoms with Crippen LogP contribution < -0.4 is 0 Å². The van der Waals surface area contributed by atoms with Crippen molar-refractivity contribution < 1.29 is 58.2 Å². The van der Waals surface area contributed by atoms with Crippen LogP contribution in [0.1, 0.15) is 37.3 Å². The minimum absolute atomic E-state index is 0.153. The lowest BCUT2D eigenvalue weighted by molar-refractivity contribution is -0.348. The topological polar surface area (TPSA) is 91.8 Å². The second kappa shape index (κ2) is 9.63. The largest absolute Gasteiger partial charge is 0.481 e. The molecule has 5 atom stereocenters. The number of rotatable bonds is 6. The standard InChI is InChI=1S/C28H25F8NO5S/c1-24-13-15(12-20(24)21(24)23(39)40)22(38)37-11-10-25(14-37,43(41,42)19-8-6-18(29)7-9-19)16-2-4-17(5-3-16)26(30,27(31,32)33)28(34,35)36/h2-9,15,20-21H,10-14H2,1H3,(H,39,40). The highest BCUT2D eigenvalue weighted by atomic mass is 32.2. The molecule has 2 aromatic rings. The van der Waals surface area contributed by atoms with E-state index in [1.807, 2.05) is 0 Å². The number of aliphatic carboxylic acids is 1. The number of carbonyl (C=O) groups is 2. The molecular weight excluding hydrogens is 614 g/mol. The van der Waals surface area contributed by atoms with E-state index in [4.69, 9.17) is 0 Å². The van der Waals surface area contributed by atoms with Crippen LogP contribution in [0.4, 0.5) is 35.1 Å². The highest BCUT2D eigenvalue weighted by Gasteiger charge is 2.74. The average Bonchev–Trinajstić information content (AvgIpc) is 3.21. The monoisotopic (exact) mass is 639 g/mol. The summed E-state index contributed by atoms with van der Waals surface area (Å²) in [4.78, 5) is 25.8. The Morgan fingerprint density at radius 3 is 1.95 bits per heavy atom. The molecule has 15 heteroatoms. The van der Waals surface area contributed by atoms with Crippen molar-refractivity contribution in [1.29, 1.82) is 0 Å². The van der Waals surface area contributed by atoms with Gasteiger partial charge >= 0.3 is 24.0 Å². The van der Waals surface area contributed by atoms with E-state index in [0.29, 0.717) is 12.1 Å². The van der Waals surface area contributed by atoms with Crippen LogP contribution in [0, 0.1) is 29.0 Å². The van der Waals surface area contributed by atoms with Crippen molar-refractivity contribution in [2.24, 2.45) is 23.2 Å². The molecule has 1 heterocycles. The summed E-state index contributed by atoms with van der Waals surface area (Å²) in [7, 11) is -4.58. The van der Waals surface area contributed by atoms with Crippen LogP contribution in [0.25, 0.3) is 0 Å². The Morgan fingerprint density at radius 2 is 1.49 bits per heavy atom. The summed E-state index contributed by atoms with van der Waals surface area (Å²) in [6.07, 6.45) is -12.5. The number of nitrogens with zero attached hydrogens (tertiary/aromatic N) is 1. The molecule has 1 N–H and O–H groups in total. The van der Waals surface area contributed by atoms with Gasteiger partial charge < -0.3 is 10.0 Å². The first-order chi connectivity index (χ1) is 19.7. The third-order valence-corrected chi connectivity index (χ3v) is 12.0. The van der Waals surface area contributed by atoms with Gasteiger partial charge in [-0.15, -0.1) is 0 Å². The number of fused-ring (bicyclic) bond motifs is 1. The normalized spacial score (nSPS) is 29.4. The van der Waals surface area contributed by atoms with E-state index < -0.39 is 84.6 Å². The van der Waals surface area contributed by atoms with Gasteiger partial charge in [0.25, 0.3) is 0 Å².